The summed E-state index contributed by atoms with van der Waals surface area (Å²) in [4.78, 5) is 0. The van der Waals surface area contributed by atoms with E-state index in [1.807, 2.05) is 18.2 Å². The number of rotatable bonds is 5. The van der Waals surface area contributed by atoms with Crippen LogP contribution in [0.2, 0.25) is 0 Å². The molecular formula is C17H18O5. The van der Waals surface area contributed by atoms with Gasteiger partial charge in [0.25, 0.3) is 0 Å². The number of phenolic OH excluding ortho intramolecular Hbond substituents is 1. The van der Waals surface area contributed by atoms with Gasteiger partial charge in [0.05, 0.1) is 13.2 Å². The fourth-order valence-electron chi connectivity index (χ4n) is 2.51. The van der Waals surface area contributed by atoms with E-state index in [9.17, 15) is 10.2 Å². The van der Waals surface area contributed by atoms with Crippen LogP contribution >= 0.6 is 0 Å². The monoisotopic (exact) mass is 302 g/mol. The van der Waals surface area contributed by atoms with Gasteiger partial charge in [-0.3, -0.25) is 0 Å². The molecule has 0 aromatic heterocycles. The molecule has 0 radical (unpaired) electrons. The number of phenols is 1. The number of aliphatic hydroxyl groups is 1. The largest absolute Gasteiger partial charge is 0.508 e. The number of benzene rings is 2. The molecule has 0 unspecified atom stereocenters. The standard InChI is InChI=1S/C17H18O5/c1-20-14-4-3-12(15(19)9-14)8-13(18)6-11-2-5-16-17(7-11)22-10-21-16/h2-5,7,9,13,18-19H,6,8,10H2,1H3/t13-/m0/s1. The van der Waals surface area contributed by atoms with Gasteiger partial charge in [-0.05, 0) is 35.7 Å². The first-order valence-corrected chi connectivity index (χ1v) is 7.08. The SMILES string of the molecule is COc1ccc(C[C@@H](O)Cc2ccc3c(c2)OCO3)c(O)c1. The summed E-state index contributed by atoms with van der Waals surface area (Å²) in [5.41, 5.74) is 1.65. The maximum absolute atomic E-state index is 10.2. The van der Waals surface area contributed by atoms with Crippen LogP contribution in [0.15, 0.2) is 36.4 Å². The first-order valence-electron chi connectivity index (χ1n) is 7.08. The van der Waals surface area contributed by atoms with E-state index in [2.05, 4.69) is 0 Å². The van der Waals surface area contributed by atoms with Crippen LogP contribution < -0.4 is 14.2 Å². The summed E-state index contributed by atoms with van der Waals surface area (Å²) in [6, 6.07) is 10.7. The van der Waals surface area contributed by atoms with E-state index in [4.69, 9.17) is 14.2 Å². The van der Waals surface area contributed by atoms with Gasteiger partial charge < -0.3 is 24.4 Å². The lowest BCUT2D eigenvalue weighted by molar-refractivity contribution is 0.172. The average Bonchev–Trinajstić information content (AvgIpc) is 2.96. The Hall–Kier alpha value is -2.40. The second-order valence-corrected chi connectivity index (χ2v) is 5.24. The van der Waals surface area contributed by atoms with Gasteiger partial charge in [-0.2, -0.15) is 0 Å². The Morgan fingerprint density at radius 3 is 2.68 bits per heavy atom. The van der Waals surface area contributed by atoms with Gasteiger partial charge in [-0.1, -0.05) is 12.1 Å². The summed E-state index contributed by atoms with van der Waals surface area (Å²) in [5, 5.41) is 20.2. The second-order valence-electron chi connectivity index (χ2n) is 5.24. The number of methoxy groups -OCH3 is 1. The molecule has 2 N–H and O–H groups in total. The molecule has 0 spiro atoms. The minimum Gasteiger partial charge on any atom is -0.508 e. The van der Waals surface area contributed by atoms with Crippen LogP contribution in [-0.4, -0.2) is 30.2 Å². The van der Waals surface area contributed by atoms with Crippen LogP contribution in [0.1, 0.15) is 11.1 Å². The third-order valence-electron chi connectivity index (χ3n) is 3.66. The van der Waals surface area contributed by atoms with Gasteiger partial charge in [-0.25, -0.2) is 0 Å². The van der Waals surface area contributed by atoms with E-state index < -0.39 is 6.10 Å². The minimum absolute atomic E-state index is 0.129. The van der Waals surface area contributed by atoms with Crippen molar-refractivity contribution in [3.8, 4) is 23.0 Å². The second kappa shape index (κ2) is 6.15. The van der Waals surface area contributed by atoms with Gasteiger partial charge in [0.2, 0.25) is 6.79 Å². The fourth-order valence-corrected chi connectivity index (χ4v) is 2.51. The van der Waals surface area contributed by atoms with E-state index in [-0.39, 0.29) is 12.5 Å². The van der Waals surface area contributed by atoms with Gasteiger partial charge in [0.1, 0.15) is 11.5 Å². The Labute approximate surface area is 128 Å². The fraction of sp³-hybridized carbons (Fsp3) is 0.294. The lowest BCUT2D eigenvalue weighted by Crippen LogP contribution is -2.14. The molecule has 0 aliphatic carbocycles. The van der Waals surface area contributed by atoms with Crippen molar-refractivity contribution in [3.05, 3.63) is 47.5 Å². The van der Waals surface area contributed by atoms with Gasteiger partial charge in [0, 0.05) is 12.5 Å². The molecule has 3 rings (SSSR count). The number of aromatic hydroxyl groups is 1. The molecule has 0 fully saturated rings. The van der Waals surface area contributed by atoms with Crippen LogP contribution in [0.3, 0.4) is 0 Å². The molecular weight excluding hydrogens is 284 g/mol. The topological polar surface area (TPSA) is 68.2 Å². The van der Waals surface area contributed by atoms with Gasteiger partial charge in [-0.15, -0.1) is 0 Å². The smallest absolute Gasteiger partial charge is 0.231 e. The maximum atomic E-state index is 10.2. The molecule has 0 bridgehead atoms. The molecule has 1 aliphatic heterocycles. The Kier molecular flexibility index (Phi) is 4.06. The molecule has 1 aliphatic rings. The first-order chi connectivity index (χ1) is 10.7. The minimum atomic E-state index is -0.598. The highest BCUT2D eigenvalue weighted by Gasteiger charge is 2.16. The molecule has 1 atom stereocenters. The Bertz CT molecular complexity index is 668. The lowest BCUT2D eigenvalue weighted by atomic mass is 10.0. The van der Waals surface area contributed by atoms with E-state index >= 15 is 0 Å². The van der Waals surface area contributed by atoms with Crippen LogP contribution in [0, 0.1) is 0 Å². The van der Waals surface area contributed by atoms with Crippen molar-refractivity contribution in [3.63, 3.8) is 0 Å². The summed E-state index contributed by atoms with van der Waals surface area (Å²) < 4.78 is 15.6. The summed E-state index contributed by atoms with van der Waals surface area (Å²) in [5.74, 6) is 2.15. The predicted octanol–water partition coefficient (Wildman–Crippen LogP) is 2.28. The molecule has 1 heterocycles. The number of ether oxygens (including phenoxy) is 3. The van der Waals surface area contributed by atoms with Crippen LogP contribution in [0.4, 0.5) is 0 Å². The van der Waals surface area contributed by atoms with Crippen molar-refractivity contribution in [2.45, 2.75) is 18.9 Å². The van der Waals surface area contributed by atoms with Crippen molar-refractivity contribution >= 4 is 0 Å². The number of hydrogen-bond donors (Lipinski definition) is 2. The summed E-state index contributed by atoms with van der Waals surface area (Å²) >= 11 is 0. The summed E-state index contributed by atoms with van der Waals surface area (Å²) in [7, 11) is 1.54. The number of hydrogen-bond acceptors (Lipinski definition) is 5. The van der Waals surface area contributed by atoms with E-state index in [0.29, 0.717) is 29.9 Å². The van der Waals surface area contributed by atoms with Crippen molar-refractivity contribution in [1.82, 2.24) is 0 Å². The molecule has 2 aromatic carbocycles. The van der Waals surface area contributed by atoms with E-state index in [1.54, 1.807) is 25.3 Å². The Morgan fingerprint density at radius 2 is 1.91 bits per heavy atom. The Morgan fingerprint density at radius 1 is 1.09 bits per heavy atom. The predicted molar refractivity (Wildman–Crippen MR) is 80.6 cm³/mol. The molecule has 0 saturated heterocycles. The van der Waals surface area contributed by atoms with Crippen molar-refractivity contribution in [1.29, 1.82) is 0 Å². The molecule has 5 nitrogen and oxygen atoms in total. The lowest BCUT2D eigenvalue weighted by Gasteiger charge is -2.13. The molecule has 2 aromatic rings. The summed E-state index contributed by atoms with van der Waals surface area (Å²) in [6.45, 7) is 0.237. The zero-order valence-electron chi connectivity index (χ0n) is 12.3. The van der Waals surface area contributed by atoms with Gasteiger partial charge >= 0.3 is 0 Å². The van der Waals surface area contributed by atoms with Crippen molar-refractivity contribution in [2.24, 2.45) is 0 Å². The molecule has 22 heavy (non-hydrogen) atoms. The number of aliphatic hydroxyl groups excluding tert-OH is 1. The van der Waals surface area contributed by atoms with Crippen molar-refractivity contribution < 1.29 is 24.4 Å². The molecule has 0 saturated carbocycles. The van der Waals surface area contributed by atoms with E-state index in [1.165, 1.54) is 0 Å². The normalized spacial score (nSPS) is 13.9. The molecule has 116 valence electrons. The van der Waals surface area contributed by atoms with Crippen LogP contribution in [0.25, 0.3) is 0 Å². The van der Waals surface area contributed by atoms with E-state index in [0.717, 1.165) is 11.3 Å². The maximum Gasteiger partial charge on any atom is 0.231 e. The third-order valence-corrected chi connectivity index (χ3v) is 3.66. The first kappa shape index (κ1) is 14.5. The zero-order valence-corrected chi connectivity index (χ0v) is 12.3. The third kappa shape index (κ3) is 3.09. The zero-order chi connectivity index (χ0) is 15.5. The highest BCUT2D eigenvalue weighted by molar-refractivity contribution is 5.45. The van der Waals surface area contributed by atoms with Crippen molar-refractivity contribution in [2.75, 3.05) is 13.9 Å². The quantitative estimate of drug-likeness (QED) is 0.887. The summed E-state index contributed by atoms with van der Waals surface area (Å²) in [6.07, 6.45) is 0.242. The highest BCUT2D eigenvalue weighted by Crippen LogP contribution is 2.33. The average molecular weight is 302 g/mol. The highest BCUT2D eigenvalue weighted by atomic mass is 16.7. The number of fused-ring (bicyclic) bond motifs is 1. The molecule has 5 heteroatoms. The van der Waals surface area contributed by atoms with Crippen LogP contribution in [-0.2, 0) is 12.8 Å². The molecule has 0 amide bonds. The van der Waals surface area contributed by atoms with Crippen LogP contribution in [0.5, 0.6) is 23.0 Å². The van der Waals surface area contributed by atoms with Gasteiger partial charge in [0.15, 0.2) is 11.5 Å². The Balaban J connectivity index is 1.66.